The van der Waals surface area contributed by atoms with Crippen molar-refractivity contribution >= 4 is 6.16 Å². The number of ether oxygens (including phenoxy) is 2. The van der Waals surface area contributed by atoms with E-state index in [0.29, 0.717) is 6.61 Å². The van der Waals surface area contributed by atoms with Crippen molar-refractivity contribution in [1.82, 2.24) is 6.15 Å². The molecule has 80 valence electrons. The summed E-state index contributed by atoms with van der Waals surface area (Å²) in [6.45, 7) is 7.93. The molecule has 3 N–H and O–H groups in total. The van der Waals surface area contributed by atoms with Crippen LogP contribution in [0.2, 0.25) is 0 Å². The summed E-state index contributed by atoms with van der Waals surface area (Å²) in [5.74, 6) is 0. The van der Waals surface area contributed by atoms with E-state index in [1.54, 1.807) is 0 Å². The number of rotatable bonds is 3. The quantitative estimate of drug-likeness (QED) is 0.550. The van der Waals surface area contributed by atoms with Crippen molar-refractivity contribution in [3.05, 3.63) is 0 Å². The van der Waals surface area contributed by atoms with Gasteiger partial charge in [-0.1, -0.05) is 13.3 Å². The van der Waals surface area contributed by atoms with Crippen LogP contribution in [0.15, 0.2) is 0 Å². The van der Waals surface area contributed by atoms with Crippen molar-refractivity contribution in [2.75, 3.05) is 6.61 Å². The molecule has 0 aliphatic carbocycles. The number of hydrogen-bond acceptors (Lipinski definition) is 4. The Balaban J connectivity index is 0. The van der Waals surface area contributed by atoms with Crippen molar-refractivity contribution in [1.29, 1.82) is 0 Å². The van der Waals surface area contributed by atoms with Gasteiger partial charge in [0.1, 0.15) is 5.60 Å². The Labute approximate surface area is 80.2 Å². The van der Waals surface area contributed by atoms with Crippen molar-refractivity contribution in [3.8, 4) is 0 Å². The molecule has 4 nitrogen and oxygen atoms in total. The van der Waals surface area contributed by atoms with Crippen LogP contribution < -0.4 is 6.15 Å². The van der Waals surface area contributed by atoms with E-state index in [0.717, 1.165) is 12.8 Å². The lowest BCUT2D eigenvalue weighted by Crippen LogP contribution is -2.24. The molecule has 0 fully saturated rings. The first-order valence-electron chi connectivity index (χ1n) is 4.31. The molecule has 0 aliphatic heterocycles. The molecular weight excluding hydrogens is 170 g/mol. The smallest absolute Gasteiger partial charge is 0.434 e. The third kappa shape index (κ3) is 11.2. The molecule has 0 aromatic heterocycles. The maximum absolute atomic E-state index is 10.9. The molecule has 0 atom stereocenters. The summed E-state index contributed by atoms with van der Waals surface area (Å²) in [5.41, 5.74) is -0.455. The fourth-order valence-electron chi connectivity index (χ4n) is 0.579. The van der Waals surface area contributed by atoms with Crippen molar-refractivity contribution in [3.63, 3.8) is 0 Å². The first kappa shape index (κ1) is 14.7. The third-order valence-electron chi connectivity index (χ3n) is 1.11. The summed E-state index contributed by atoms with van der Waals surface area (Å²) in [6.07, 6.45) is 1.33. The lowest BCUT2D eigenvalue weighted by Gasteiger charge is -2.18. The van der Waals surface area contributed by atoms with Gasteiger partial charge in [-0.15, -0.1) is 0 Å². The van der Waals surface area contributed by atoms with Gasteiger partial charge in [0, 0.05) is 0 Å². The average molecular weight is 191 g/mol. The zero-order valence-electron chi connectivity index (χ0n) is 9.05. The molecule has 0 unspecified atom stereocenters. The van der Waals surface area contributed by atoms with Crippen molar-refractivity contribution in [2.45, 2.75) is 46.1 Å². The molecule has 0 heterocycles. The highest BCUT2D eigenvalue weighted by Gasteiger charge is 2.16. The van der Waals surface area contributed by atoms with E-state index in [9.17, 15) is 4.79 Å². The normalized spacial score (nSPS) is 10.2. The second-order valence-corrected chi connectivity index (χ2v) is 3.67. The van der Waals surface area contributed by atoms with Crippen LogP contribution in [0.5, 0.6) is 0 Å². The summed E-state index contributed by atoms with van der Waals surface area (Å²) >= 11 is 0. The molecule has 0 aliphatic rings. The van der Waals surface area contributed by atoms with Crippen LogP contribution in [0.25, 0.3) is 0 Å². The molecule has 4 heteroatoms. The molecule has 13 heavy (non-hydrogen) atoms. The minimum absolute atomic E-state index is 0. The Morgan fingerprint density at radius 3 is 2.23 bits per heavy atom. The Morgan fingerprint density at radius 1 is 1.31 bits per heavy atom. The lowest BCUT2D eigenvalue weighted by molar-refractivity contribution is -0.00752. The van der Waals surface area contributed by atoms with E-state index in [2.05, 4.69) is 0 Å². The Morgan fingerprint density at radius 2 is 1.85 bits per heavy atom. The van der Waals surface area contributed by atoms with E-state index in [1.807, 2.05) is 27.7 Å². The SMILES string of the molecule is CCCCOC(=O)OC(C)(C)C.N. The molecule has 0 spiro atoms. The highest BCUT2D eigenvalue weighted by Crippen LogP contribution is 2.08. The highest BCUT2D eigenvalue weighted by molar-refractivity contribution is 5.60. The standard InChI is InChI=1S/C9H18O3.H3N/c1-5-6-7-11-8(10)12-9(2,3)4;/h5-7H2,1-4H3;1H3. The molecule has 0 aromatic rings. The largest absolute Gasteiger partial charge is 0.508 e. The van der Waals surface area contributed by atoms with Gasteiger partial charge in [0.05, 0.1) is 6.61 Å². The molecule has 0 aromatic carbocycles. The van der Waals surface area contributed by atoms with E-state index >= 15 is 0 Å². The molecule has 0 amide bonds. The molecule has 0 rings (SSSR count). The number of carbonyl (C=O) groups excluding carboxylic acids is 1. The van der Waals surface area contributed by atoms with Gasteiger partial charge >= 0.3 is 6.16 Å². The van der Waals surface area contributed by atoms with Crippen LogP contribution in [-0.4, -0.2) is 18.4 Å². The lowest BCUT2D eigenvalue weighted by atomic mass is 10.2. The Bertz CT molecular complexity index is 140. The second-order valence-electron chi connectivity index (χ2n) is 3.67. The van der Waals surface area contributed by atoms with E-state index in [4.69, 9.17) is 9.47 Å². The van der Waals surface area contributed by atoms with E-state index in [1.165, 1.54) is 0 Å². The van der Waals surface area contributed by atoms with Gasteiger partial charge in [-0.25, -0.2) is 4.79 Å². The van der Waals surface area contributed by atoms with Crippen molar-refractivity contribution in [2.24, 2.45) is 0 Å². The second kappa shape index (κ2) is 6.71. The summed E-state index contributed by atoms with van der Waals surface area (Å²) in [5, 5.41) is 0. The summed E-state index contributed by atoms with van der Waals surface area (Å²) in [6, 6.07) is 0. The first-order valence-corrected chi connectivity index (χ1v) is 4.31. The van der Waals surface area contributed by atoms with Gasteiger partial charge in [-0.2, -0.15) is 0 Å². The first-order chi connectivity index (χ1) is 5.45. The highest BCUT2D eigenvalue weighted by atomic mass is 16.7. The Kier molecular flexibility index (Phi) is 7.61. The van der Waals surface area contributed by atoms with E-state index < -0.39 is 11.8 Å². The zero-order chi connectivity index (χ0) is 9.61. The van der Waals surface area contributed by atoms with Crippen LogP contribution in [0.3, 0.4) is 0 Å². The average Bonchev–Trinajstić information content (AvgIpc) is 1.84. The molecule has 0 saturated heterocycles. The zero-order valence-corrected chi connectivity index (χ0v) is 9.05. The van der Waals surface area contributed by atoms with E-state index in [-0.39, 0.29) is 6.15 Å². The van der Waals surface area contributed by atoms with Crippen LogP contribution >= 0.6 is 0 Å². The monoisotopic (exact) mass is 191 g/mol. The third-order valence-corrected chi connectivity index (χ3v) is 1.11. The number of unbranched alkanes of at least 4 members (excludes halogenated alkanes) is 1. The maximum Gasteiger partial charge on any atom is 0.508 e. The van der Waals surface area contributed by atoms with Gasteiger partial charge in [0.2, 0.25) is 0 Å². The molecular formula is C9H21NO3. The van der Waals surface area contributed by atoms with Crippen LogP contribution in [0.4, 0.5) is 4.79 Å². The topological polar surface area (TPSA) is 70.5 Å². The predicted octanol–water partition coefficient (Wildman–Crippen LogP) is 2.90. The fraction of sp³-hybridized carbons (Fsp3) is 0.889. The molecule has 0 bridgehead atoms. The van der Waals surface area contributed by atoms with Crippen molar-refractivity contribution < 1.29 is 14.3 Å². The van der Waals surface area contributed by atoms with Gasteiger partial charge in [0.25, 0.3) is 0 Å². The van der Waals surface area contributed by atoms with Gasteiger partial charge in [-0.3, -0.25) is 0 Å². The summed E-state index contributed by atoms with van der Waals surface area (Å²) in [4.78, 5) is 10.9. The minimum atomic E-state index is -0.573. The fourth-order valence-corrected chi connectivity index (χ4v) is 0.579. The predicted molar refractivity (Wildman–Crippen MR) is 52.1 cm³/mol. The number of hydrogen-bond donors (Lipinski definition) is 1. The summed E-state index contributed by atoms with van der Waals surface area (Å²) in [7, 11) is 0. The van der Waals surface area contributed by atoms with Crippen LogP contribution in [0.1, 0.15) is 40.5 Å². The van der Waals surface area contributed by atoms with Crippen LogP contribution in [-0.2, 0) is 9.47 Å². The minimum Gasteiger partial charge on any atom is -0.434 e. The maximum atomic E-state index is 10.9. The van der Waals surface area contributed by atoms with Gasteiger partial charge in [-0.05, 0) is 27.2 Å². The van der Waals surface area contributed by atoms with Gasteiger partial charge in [0.15, 0.2) is 0 Å². The molecule has 0 saturated carbocycles. The molecule has 0 radical (unpaired) electrons. The van der Waals surface area contributed by atoms with Gasteiger partial charge < -0.3 is 15.6 Å². The Hall–Kier alpha value is -0.770. The van der Waals surface area contributed by atoms with Crippen LogP contribution in [0, 0.1) is 0 Å². The number of carbonyl (C=O) groups is 1. The summed E-state index contributed by atoms with van der Waals surface area (Å²) < 4.78 is 9.72.